The van der Waals surface area contributed by atoms with E-state index in [1.807, 2.05) is 0 Å². The number of fused-ring (bicyclic) bond motifs is 1. The predicted molar refractivity (Wildman–Crippen MR) is 109 cm³/mol. The Morgan fingerprint density at radius 3 is 2.66 bits per heavy atom. The van der Waals surface area contributed by atoms with Crippen LogP contribution >= 0.6 is 0 Å². The second-order valence-electron chi connectivity index (χ2n) is 8.32. The minimum absolute atomic E-state index is 0.278. The predicted octanol–water partition coefficient (Wildman–Crippen LogP) is 1.03. The molecule has 0 aromatic carbocycles. The van der Waals surface area contributed by atoms with Crippen LogP contribution in [0.3, 0.4) is 0 Å². The molecule has 1 fully saturated rings. The molecule has 10 nitrogen and oxygen atoms in total. The standard InChI is InChI=1S/C19H30N6O4/c1-11(2)6-24(7-12(3)4)9-21-17-16-18(23-19(28)22-17)25(10-20-16)15-5-13(27)14(8-26)29-15/h9-15,26-27H,5-8H2,1-4H3,(H,22,23,28). The molecule has 0 saturated carbocycles. The third kappa shape index (κ3) is 5.01. The van der Waals surface area contributed by atoms with Crippen molar-refractivity contribution in [3.8, 4) is 0 Å². The van der Waals surface area contributed by atoms with E-state index in [9.17, 15) is 15.0 Å². The summed E-state index contributed by atoms with van der Waals surface area (Å²) in [4.78, 5) is 29.8. The number of hydrogen-bond acceptors (Lipinski definition) is 7. The van der Waals surface area contributed by atoms with Crippen LogP contribution in [0.2, 0.25) is 0 Å². The van der Waals surface area contributed by atoms with Gasteiger partial charge in [-0.2, -0.15) is 4.98 Å². The van der Waals surface area contributed by atoms with Gasteiger partial charge in [0.25, 0.3) is 0 Å². The van der Waals surface area contributed by atoms with Gasteiger partial charge in [-0.25, -0.2) is 14.8 Å². The van der Waals surface area contributed by atoms with Gasteiger partial charge in [0.2, 0.25) is 0 Å². The Morgan fingerprint density at radius 1 is 1.38 bits per heavy atom. The Kier molecular flexibility index (Phi) is 6.66. The van der Waals surface area contributed by atoms with Crippen molar-refractivity contribution < 1.29 is 14.9 Å². The minimum atomic E-state index is -0.789. The summed E-state index contributed by atoms with van der Waals surface area (Å²) < 4.78 is 7.26. The van der Waals surface area contributed by atoms with Crippen molar-refractivity contribution in [1.82, 2.24) is 24.4 Å². The van der Waals surface area contributed by atoms with Gasteiger partial charge >= 0.3 is 5.69 Å². The molecule has 3 atom stereocenters. The van der Waals surface area contributed by atoms with Crippen LogP contribution in [0.1, 0.15) is 40.3 Å². The average molecular weight is 406 g/mol. The Balaban J connectivity index is 1.91. The number of aromatic amines is 1. The molecular formula is C19H30N6O4. The van der Waals surface area contributed by atoms with Crippen molar-refractivity contribution in [1.29, 1.82) is 0 Å². The zero-order valence-corrected chi connectivity index (χ0v) is 17.3. The van der Waals surface area contributed by atoms with E-state index in [-0.39, 0.29) is 13.0 Å². The SMILES string of the molecule is CC(C)CN(C=Nc1[nH]c(=O)nc2c1ncn2C1CC(O)C(CO)O1)CC(C)C. The van der Waals surface area contributed by atoms with Crippen LogP contribution in [0, 0.1) is 11.8 Å². The second-order valence-corrected chi connectivity index (χ2v) is 8.32. The molecule has 10 heteroatoms. The third-order valence-electron chi connectivity index (χ3n) is 4.67. The fourth-order valence-corrected chi connectivity index (χ4v) is 3.52. The summed E-state index contributed by atoms with van der Waals surface area (Å²) in [5.74, 6) is 1.27. The molecule has 2 aromatic rings. The smallest absolute Gasteiger partial charge is 0.348 e. The molecule has 1 aliphatic heterocycles. The van der Waals surface area contributed by atoms with E-state index in [0.717, 1.165) is 13.1 Å². The molecule has 0 amide bonds. The summed E-state index contributed by atoms with van der Waals surface area (Å²) in [5.41, 5.74) is 0.235. The lowest BCUT2D eigenvalue weighted by Crippen LogP contribution is -2.30. The topological polar surface area (TPSA) is 129 Å². The van der Waals surface area contributed by atoms with Crippen molar-refractivity contribution in [2.75, 3.05) is 19.7 Å². The number of hydrogen-bond donors (Lipinski definition) is 3. The van der Waals surface area contributed by atoms with E-state index in [4.69, 9.17) is 4.74 Å². The first kappa shape index (κ1) is 21.4. The van der Waals surface area contributed by atoms with Gasteiger partial charge in [0, 0.05) is 19.5 Å². The molecule has 3 heterocycles. The maximum atomic E-state index is 12.1. The van der Waals surface area contributed by atoms with Crippen LogP contribution in [0.4, 0.5) is 5.82 Å². The van der Waals surface area contributed by atoms with Crippen molar-refractivity contribution in [2.24, 2.45) is 16.8 Å². The highest BCUT2D eigenvalue weighted by molar-refractivity contribution is 5.82. The number of rotatable bonds is 8. The van der Waals surface area contributed by atoms with Gasteiger partial charge in [0.1, 0.15) is 12.3 Å². The number of aromatic nitrogens is 4. The van der Waals surface area contributed by atoms with Crippen molar-refractivity contribution in [3.63, 3.8) is 0 Å². The molecule has 3 N–H and O–H groups in total. The number of nitrogens with zero attached hydrogens (tertiary/aromatic N) is 5. The van der Waals surface area contributed by atoms with E-state index >= 15 is 0 Å². The van der Waals surface area contributed by atoms with Crippen LogP contribution in [0.25, 0.3) is 11.2 Å². The van der Waals surface area contributed by atoms with E-state index in [0.29, 0.717) is 28.8 Å². The summed E-state index contributed by atoms with van der Waals surface area (Å²) in [7, 11) is 0. The van der Waals surface area contributed by atoms with Gasteiger partial charge in [0.15, 0.2) is 17.0 Å². The molecule has 1 aliphatic rings. The Hall–Kier alpha value is -2.30. The molecule has 160 valence electrons. The summed E-state index contributed by atoms with van der Waals surface area (Å²) in [6.45, 7) is 10.00. The number of aliphatic imine (C=N–C) groups is 1. The van der Waals surface area contributed by atoms with E-state index in [2.05, 4.69) is 52.5 Å². The molecule has 3 rings (SSSR count). The zero-order valence-electron chi connectivity index (χ0n) is 17.3. The molecule has 0 radical (unpaired) electrons. The van der Waals surface area contributed by atoms with Gasteiger partial charge in [-0.3, -0.25) is 9.55 Å². The molecule has 3 unspecified atom stereocenters. The van der Waals surface area contributed by atoms with E-state index in [1.165, 1.54) is 6.33 Å². The van der Waals surface area contributed by atoms with E-state index in [1.54, 1.807) is 10.9 Å². The molecular weight excluding hydrogens is 376 g/mol. The average Bonchev–Trinajstić information content (AvgIpc) is 3.21. The Labute approximate surface area is 169 Å². The van der Waals surface area contributed by atoms with Crippen LogP contribution in [-0.4, -0.2) is 72.9 Å². The summed E-state index contributed by atoms with van der Waals surface area (Å²) in [6.07, 6.45) is 1.51. The summed E-state index contributed by atoms with van der Waals surface area (Å²) in [6, 6.07) is 0. The molecule has 0 bridgehead atoms. The third-order valence-corrected chi connectivity index (χ3v) is 4.67. The first-order valence-electron chi connectivity index (χ1n) is 9.98. The number of H-pyrrole nitrogens is 1. The monoisotopic (exact) mass is 406 g/mol. The zero-order chi connectivity index (χ0) is 21.1. The Morgan fingerprint density at radius 2 is 2.07 bits per heavy atom. The van der Waals surface area contributed by atoms with Crippen LogP contribution in [-0.2, 0) is 4.74 Å². The van der Waals surface area contributed by atoms with Crippen molar-refractivity contribution >= 4 is 23.3 Å². The molecule has 2 aromatic heterocycles. The van der Waals surface area contributed by atoms with Crippen LogP contribution in [0.15, 0.2) is 16.1 Å². The van der Waals surface area contributed by atoms with Gasteiger partial charge in [-0.05, 0) is 11.8 Å². The second kappa shape index (κ2) is 9.02. The van der Waals surface area contributed by atoms with Gasteiger partial charge in [0.05, 0.1) is 25.4 Å². The quantitative estimate of drug-likeness (QED) is 0.441. The lowest BCUT2D eigenvalue weighted by atomic mass is 10.1. The van der Waals surface area contributed by atoms with E-state index < -0.39 is 24.1 Å². The van der Waals surface area contributed by atoms with Gasteiger partial charge in [-0.1, -0.05) is 27.7 Å². The van der Waals surface area contributed by atoms with Crippen LogP contribution in [0.5, 0.6) is 0 Å². The normalized spacial score (nSPS) is 22.6. The number of aliphatic hydroxyl groups is 2. The van der Waals surface area contributed by atoms with Crippen molar-refractivity contribution in [3.05, 3.63) is 16.8 Å². The van der Waals surface area contributed by atoms with Gasteiger partial charge < -0.3 is 19.8 Å². The maximum absolute atomic E-state index is 12.1. The first-order valence-corrected chi connectivity index (χ1v) is 9.98. The number of nitrogens with one attached hydrogen (secondary N) is 1. The molecule has 29 heavy (non-hydrogen) atoms. The fraction of sp³-hybridized carbons (Fsp3) is 0.684. The number of imidazole rings is 1. The molecule has 0 aliphatic carbocycles. The molecule has 0 spiro atoms. The highest BCUT2D eigenvalue weighted by Crippen LogP contribution is 2.31. The highest BCUT2D eigenvalue weighted by atomic mass is 16.5. The number of ether oxygens (including phenoxy) is 1. The maximum Gasteiger partial charge on any atom is 0.348 e. The highest BCUT2D eigenvalue weighted by Gasteiger charge is 2.35. The molecule has 1 saturated heterocycles. The van der Waals surface area contributed by atoms with Crippen molar-refractivity contribution in [2.45, 2.75) is 52.6 Å². The van der Waals surface area contributed by atoms with Crippen LogP contribution < -0.4 is 5.69 Å². The fourth-order valence-electron chi connectivity index (χ4n) is 3.52. The Bertz CT molecular complexity index is 896. The number of aliphatic hydroxyl groups excluding tert-OH is 2. The lowest BCUT2D eigenvalue weighted by Gasteiger charge is -2.23. The summed E-state index contributed by atoms with van der Waals surface area (Å²) >= 11 is 0. The minimum Gasteiger partial charge on any atom is -0.394 e. The largest absolute Gasteiger partial charge is 0.394 e. The lowest BCUT2D eigenvalue weighted by molar-refractivity contribution is -0.0432. The van der Waals surface area contributed by atoms with Gasteiger partial charge in [-0.15, -0.1) is 0 Å². The summed E-state index contributed by atoms with van der Waals surface area (Å²) in [5, 5.41) is 19.3. The first-order chi connectivity index (χ1) is 13.8.